The van der Waals surface area contributed by atoms with E-state index in [1.807, 2.05) is 37.2 Å². The second-order valence-corrected chi connectivity index (χ2v) is 5.94. The van der Waals surface area contributed by atoms with Gasteiger partial charge in [-0.25, -0.2) is 0 Å². The summed E-state index contributed by atoms with van der Waals surface area (Å²) in [6, 6.07) is 3.78. The highest BCUT2D eigenvalue weighted by Gasteiger charge is 2.31. The van der Waals surface area contributed by atoms with Gasteiger partial charge < -0.3 is 9.64 Å². The zero-order chi connectivity index (χ0) is 16.4. The van der Waals surface area contributed by atoms with Gasteiger partial charge in [-0.3, -0.25) is 14.5 Å². The van der Waals surface area contributed by atoms with Gasteiger partial charge >= 0.3 is 0 Å². The van der Waals surface area contributed by atoms with E-state index in [-0.39, 0.29) is 11.8 Å². The number of carbonyl (C=O) groups is 1. The summed E-state index contributed by atoms with van der Waals surface area (Å²) >= 11 is 0. The van der Waals surface area contributed by atoms with Crippen LogP contribution in [-0.2, 0) is 24.8 Å². The lowest BCUT2D eigenvalue weighted by Crippen LogP contribution is -2.39. The van der Waals surface area contributed by atoms with Crippen molar-refractivity contribution in [2.24, 2.45) is 7.05 Å². The van der Waals surface area contributed by atoms with Crippen molar-refractivity contribution >= 4 is 5.91 Å². The highest BCUT2D eigenvalue weighted by Crippen LogP contribution is 2.28. The van der Waals surface area contributed by atoms with E-state index >= 15 is 0 Å². The molecule has 3 rings (SSSR count). The molecule has 1 atom stereocenters. The van der Waals surface area contributed by atoms with Crippen molar-refractivity contribution in [3.05, 3.63) is 47.0 Å². The highest BCUT2D eigenvalue weighted by molar-refractivity contribution is 5.94. The van der Waals surface area contributed by atoms with Gasteiger partial charge in [0.15, 0.2) is 0 Å². The molecule has 1 aliphatic heterocycles. The van der Waals surface area contributed by atoms with Crippen LogP contribution < -0.4 is 0 Å². The van der Waals surface area contributed by atoms with Gasteiger partial charge in [0.25, 0.3) is 5.91 Å². The van der Waals surface area contributed by atoms with Crippen LogP contribution in [0.3, 0.4) is 0 Å². The maximum absolute atomic E-state index is 12.8. The third kappa shape index (κ3) is 3.12. The first-order valence-electron chi connectivity index (χ1n) is 7.88. The molecule has 0 saturated carbocycles. The molecule has 0 N–H and O–H groups in total. The highest BCUT2D eigenvalue weighted by atomic mass is 16.5. The number of amides is 1. The monoisotopic (exact) mass is 314 g/mol. The average Bonchev–Trinajstić information content (AvgIpc) is 2.95. The zero-order valence-electron chi connectivity index (χ0n) is 13.8. The number of carbonyl (C=O) groups excluding carboxylic acids is 1. The predicted molar refractivity (Wildman–Crippen MR) is 86.2 cm³/mol. The number of hydrogen-bond donors (Lipinski definition) is 0. The van der Waals surface area contributed by atoms with E-state index in [2.05, 4.69) is 10.1 Å². The van der Waals surface area contributed by atoms with Crippen LogP contribution in [0.2, 0.25) is 0 Å². The second-order valence-electron chi connectivity index (χ2n) is 5.94. The first kappa shape index (κ1) is 15.7. The molecule has 0 saturated heterocycles. The summed E-state index contributed by atoms with van der Waals surface area (Å²) in [5.74, 6) is 0.118. The first-order valence-corrected chi connectivity index (χ1v) is 7.88. The van der Waals surface area contributed by atoms with E-state index in [1.54, 1.807) is 18.0 Å². The lowest BCUT2D eigenvalue weighted by atomic mass is 9.97. The first-order chi connectivity index (χ1) is 11.1. The van der Waals surface area contributed by atoms with Gasteiger partial charge in [0.1, 0.15) is 0 Å². The quantitative estimate of drug-likeness (QED) is 0.863. The molecule has 2 aromatic rings. The van der Waals surface area contributed by atoms with Crippen molar-refractivity contribution in [1.29, 1.82) is 0 Å². The third-order valence-electron chi connectivity index (χ3n) is 4.21. The summed E-state index contributed by atoms with van der Waals surface area (Å²) in [4.78, 5) is 19.0. The minimum atomic E-state index is 0.00996. The van der Waals surface area contributed by atoms with Gasteiger partial charge in [0.05, 0.1) is 17.9 Å². The molecular formula is C17H22N4O2. The molecular weight excluding hydrogens is 292 g/mol. The van der Waals surface area contributed by atoms with Crippen LogP contribution in [0.25, 0.3) is 0 Å². The molecule has 3 heterocycles. The fourth-order valence-corrected chi connectivity index (χ4v) is 3.07. The number of hydrogen-bond acceptors (Lipinski definition) is 4. The van der Waals surface area contributed by atoms with Gasteiger partial charge in [0.2, 0.25) is 0 Å². The van der Waals surface area contributed by atoms with E-state index < -0.39 is 0 Å². The minimum Gasteiger partial charge on any atom is -0.384 e. The molecule has 1 unspecified atom stereocenters. The van der Waals surface area contributed by atoms with Crippen molar-refractivity contribution in [3.8, 4) is 0 Å². The summed E-state index contributed by atoms with van der Waals surface area (Å²) in [6.07, 6.45) is 4.52. The number of rotatable bonds is 4. The molecule has 1 aliphatic rings. The second kappa shape index (κ2) is 6.50. The molecule has 6 heteroatoms. The Labute approximate surface area is 136 Å². The minimum absolute atomic E-state index is 0.00996. The Morgan fingerprint density at radius 3 is 2.91 bits per heavy atom. The van der Waals surface area contributed by atoms with Crippen LogP contribution in [0.15, 0.2) is 24.5 Å². The van der Waals surface area contributed by atoms with Gasteiger partial charge in [-0.1, -0.05) is 6.92 Å². The van der Waals surface area contributed by atoms with Crippen LogP contribution >= 0.6 is 0 Å². The standard InChI is InChI=1S/C17H22N4O2/c1-4-15-6-5-12(7-18-15)17(22)21-9-13-8-20(2)19-16(13)14(10-21)11-23-3/h5-8,14H,4,9-11H2,1-3H3. The maximum atomic E-state index is 12.8. The van der Waals surface area contributed by atoms with Crippen molar-refractivity contribution in [2.75, 3.05) is 20.3 Å². The predicted octanol–water partition coefficient (Wildman–Crippen LogP) is 1.76. The lowest BCUT2D eigenvalue weighted by molar-refractivity contribution is 0.0678. The maximum Gasteiger partial charge on any atom is 0.255 e. The average molecular weight is 314 g/mol. The molecule has 0 aliphatic carbocycles. The van der Waals surface area contributed by atoms with Crippen molar-refractivity contribution in [3.63, 3.8) is 0 Å². The number of nitrogens with zero attached hydrogens (tertiary/aromatic N) is 4. The largest absolute Gasteiger partial charge is 0.384 e. The molecule has 2 aromatic heterocycles. The van der Waals surface area contributed by atoms with Gasteiger partial charge in [-0.05, 0) is 18.6 Å². The number of aryl methyl sites for hydroxylation is 2. The van der Waals surface area contributed by atoms with E-state index in [0.717, 1.165) is 23.4 Å². The van der Waals surface area contributed by atoms with E-state index in [1.165, 1.54) is 0 Å². The van der Waals surface area contributed by atoms with Crippen LogP contribution in [0.5, 0.6) is 0 Å². The number of fused-ring (bicyclic) bond motifs is 1. The summed E-state index contributed by atoms with van der Waals surface area (Å²) in [5.41, 5.74) is 3.75. The SMILES string of the molecule is CCc1ccc(C(=O)N2Cc3cn(C)nc3C(COC)C2)cn1. The van der Waals surface area contributed by atoms with Crippen molar-refractivity contribution in [1.82, 2.24) is 19.7 Å². The fraction of sp³-hybridized carbons (Fsp3) is 0.471. The molecule has 23 heavy (non-hydrogen) atoms. The van der Waals surface area contributed by atoms with Crippen LogP contribution in [0.1, 0.15) is 40.2 Å². The number of pyridine rings is 1. The van der Waals surface area contributed by atoms with Gasteiger partial charge in [0, 0.05) is 56.8 Å². The van der Waals surface area contributed by atoms with Crippen molar-refractivity contribution < 1.29 is 9.53 Å². The van der Waals surface area contributed by atoms with Gasteiger partial charge in [-0.2, -0.15) is 5.10 Å². The molecule has 0 fully saturated rings. The Morgan fingerprint density at radius 1 is 1.43 bits per heavy atom. The summed E-state index contributed by atoms with van der Waals surface area (Å²) in [5, 5.41) is 4.53. The Balaban J connectivity index is 1.83. The topological polar surface area (TPSA) is 60.2 Å². The van der Waals surface area contributed by atoms with Crippen LogP contribution in [0.4, 0.5) is 0 Å². The Morgan fingerprint density at radius 2 is 2.26 bits per heavy atom. The fourth-order valence-electron chi connectivity index (χ4n) is 3.07. The van der Waals surface area contributed by atoms with E-state index in [4.69, 9.17) is 4.74 Å². The smallest absolute Gasteiger partial charge is 0.255 e. The van der Waals surface area contributed by atoms with E-state index in [0.29, 0.717) is 25.3 Å². The zero-order valence-corrected chi connectivity index (χ0v) is 13.8. The van der Waals surface area contributed by atoms with Crippen LogP contribution in [-0.4, -0.2) is 45.8 Å². The molecule has 0 aromatic carbocycles. The molecule has 0 spiro atoms. The number of aromatic nitrogens is 3. The molecule has 122 valence electrons. The van der Waals surface area contributed by atoms with Gasteiger partial charge in [-0.15, -0.1) is 0 Å². The number of ether oxygens (including phenoxy) is 1. The lowest BCUT2D eigenvalue weighted by Gasteiger charge is -2.31. The Bertz CT molecular complexity index is 693. The molecule has 1 amide bonds. The normalized spacial score (nSPS) is 17.2. The molecule has 0 radical (unpaired) electrons. The Hall–Kier alpha value is -2.21. The summed E-state index contributed by atoms with van der Waals surface area (Å²) in [7, 11) is 3.58. The molecule has 6 nitrogen and oxygen atoms in total. The number of methoxy groups -OCH3 is 1. The molecule has 0 bridgehead atoms. The van der Waals surface area contributed by atoms with Crippen molar-refractivity contribution in [2.45, 2.75) is 25.8 Å². The Kier molecular flexibility index (Phi) is 4.43. The summed E-state index contributed by atoms with van der Waals surface area (Å²) < 4.78 is 7.12. The third-order valence-corrected chi connectivity index (χ3v) is 4.21. The summed E-state index contributed by atoms with van der Waals surface area (Å²) in [6.45, 7) is 3.80. The van der Waals surface area contributed by atoms with E-state index in [9.17, 15) is 4.79 Å². The van der Waals surface area contributed by atoms with Crippen LogP contribution in [0, 0.1) is 0 Å².